The molecule has 1 aromatic heterocycles. The van der Waals surface area contributed by atoms with Gasteiger partial charge in [-0.05, 0) is 81.7 Å². The van der Waals surface area contributed by atoms with Crippen molar-refractivity contribution in [2.24, 2.45) is 0 Å². The minimum Gasteiger partial charge on any atom is -0.371 e. The first kappa shape index (κ1) is 23.4. The third kappa shape index (κ3) is 5.02. The fourth-order valence-corrected chi connectivity index (χ4v) is 5.45. The van der Waals surface area contributed by atoms with Crippen molar-refractivity contribution >= 4 is 34.6 Å². The van der Waals surface area contributed by atoms with Gasteiger partial charge in [0, 0.05) is 53.5 Å². The Morgan fingerprint density at radius 2 is 1.71 bits per heavy atom. The van der Waals surface area contributed by atoms with Crippen LogP contribution >= 0.6 is 23.2 Å². The maximum Gasteiger partial charge on any atom is 0.0950 e. The van der Waals surface area contributed by atoms with Crippen molar-refractivity contribution in [1.29, 1.82) is 0 Å². The Morgan fingerprint density at radius 3 is 2.44 bits per heavy atom. The van der Waals surface area contributed by atoms with Crippen LogP contribution in [0.4, 0.5) is 11.4 Å². The fourth-order valence-electron chi connectivity index (χ4n) is 5.08. The van der Waals surface area contributed by atoms with Crippen LogP contribution in [0, 0.1) is 0 Å². The molecular weight excluding hydrogens is 465 g/mol. The second kappa shape index (κ2) is 10.1. The summed E-state index contributed by atoms with van der Waals surface area (Å²) in [6.07, 6.45) is 4.41. The van der Waals surface area contributed by atoms with Crippen molar-refractivity contribution in [1.82, 2.24) is 15.1 Å². The number of benzene rings is 2. The van der Waals surface area contributed by atoms with E-state index in [2.05, 4.69) is 69.3 Å². The van der Waals surface area contributed by atoms with Gasteiger partial charge in [-0.25, -0.2) is 0 Å². The lowest BCUT2D eigenvalue weighted by atomic mass is 10.0. The highest BCUT2D eigenvalue weighted by molar-refractivity contribution is 6.33. The first-order chi connectivity index (χ1) is 16.5. The van der Waals surface area contributed by atoms with Crippen LogP contribution in [0.2, 0.25) is 10.0 Å². The van der Waals surface area contributed by atoms with Gasteiger partial charge in [0.05, 0.1) is 17.1 Å². The third-order valence-electron chi connectivity index (χ3n) is 7.12. The third-order valence-corrected chi connectivity index (χ3v) is 7.73. The molecule has 0 unspecified atom stereocenters. The van der Waals surface area contributed by atoms with Gasteiger partial charge in [0.15, 0.2) is 0 Å². The number of anilines is 2. The van der Waals surface area contributed by atoms with Gasteiger partial charge in [-0.2, -0.15) is 10.2 Å². The molecule has 0 bridgehead atoms. The molecule has 2 aliphatic heterocycles. The fraction of sp³-hybridized carbons (Fsp3) is 0.407. The molecule has 7 heteroatoms. The normalized spacial score (nSPS) is 16.7. The van der Waals surface area contributed by atoms with Gasteiger partial charge in [0.2, 0.25) is 0 Å². The molecule has 0 atom stereocenters. The zero-order valence-electron chi connectivity index (χ0n) is 19.8. The van der Waals surface area contributed by atoms with E-state index in [0.29, 0.717) is 17.6 Å². The summed E-state index contributed by atoms with van der Waals surface area (Å²) < 4.78 is 0. The van der Waals surface area contributed by atoms with Gasteiger partial charge in [-0.3, -0.25) is 0 Å². The zero-order chi connectivity index (χ0) is 23.7. The van der Waals surface area contributed by atoms with E-state index < -0.39 is 0 Å². The molecular formula is C27H31Cl2N5. The predicted molar refractivity (Wildman–Crippen MR) is 142 cm³/mol. The van der Waals surface area contributed by atoms with E-state index >= 15 is 0 Å². The van der Waals surface area contributed by atoms with E-state index in [-0.39, 0.29) is 0 Å². The summed E-state index contributed by atoms with van der Waals surface area (Å²) in [7, 11) is 4.36. The molecule has 5 nitrogen and oxygen atoms in total. The molecule has 0 amide bonds. The lowest BCUT2D eigenvalue weighted by Crippen LogP contribution is -2.41. The molecule has 1 saturated heterocycles. The number of nitrogens with zero attached hydrogens (tertiary/aromatic N) is 5. The zero-order valence-corrected chi connectivity index (χ0v) is 21.4. The standard InChI is InChI=1S/C27H31Cl2N5/c1-32(2)22-11-14-33(15-12-22)23-8-5-19(6-9-23)26-17-27-25(30-31-26)4-3-13-34(27)18-20-16-21(28)7-10-24(20)29/h5-10,16-17,22H,3-4,11-15,18H2,1-2H3. The van der Waals surface area contributed by atoms with E-state index in [1.54, 1.807) is 0 Å². The number of rotatable bonds is 5. The Morgan fingerprint density at radius 1 is 0.941 bits per heavy atom. The molecule has 3 heterocycles. The predicted octanol–water partition coefficient (Wildman–Crippen LogP) is 5.93. The van der Waals surface area contributed by atoms with Gasteiger partial charge >= 0.3 is 0 Å². The smallest absolute Gasteiger partial charge is 0.0950 e. The van der Waals surface area contributed by atoms with Crippen LogP contribution in [0.15, 0.2) is 48.5 Å². The molecule has 178 valence electrons. The van der Waals surface area contributed by atoms with Crippen LogP contribution in [0.5, 0.6) is 0 Å². The van der Waals surface area contributed by atoms with Crippen LogP contribution < -0.4 is 9.80 Å². The highest BCUT2D eigenvalue weighted by Crippen LogP contribution is 2.33. The summed E-state index contributed by atoms with van der Waals surface area (Å²) in [4.78, 5) is 7.18. The molecule has 0 spiro atoms. The number of piperidine rings is 1. The van der Waals surface area contributed by atoms with Gasteiger partial charge in [0.1, 0.15) is 0 Å². The molecule has 34 heavy (non-hydrogen) atoms. The molecule has 1 fully saturated rings. The molecule has 2 aliphatic rings. The summed E-state index contributed by atoms with van der Waals surface area (Å²) in [6.45, 7) is 3.87. The van der Waals surface area contributed by atoms with Crippen molar-refractivity contribution in [3.05, 3.63) is 69.8 Å². The first-order valence-corrected chi connectivity index (χ1v) is 12.8. The molecule has 0 radical (unpaired) electrons. The average molecular weight is 496 g/mol. The Balaban J connectivity index is 1.34. The van der Waals surface area contributed by atoms with Crippen LogP contribution in [-0.2, 0) is 13.0 Å². The monoisotopic (exact) mass is 495 g/mol. The highest BCUT2D eigenvalue weighted by atomic mass is 35.5. The number of hydrogen-bond acceptors (Lipinski definition) is 5. The van der Waals surface area contributed by atoms with Gasteiger partial charge in [0.25, 0.3) is 0 Å². The molecule has 3 aromatic rings. The van der Waals surface area contributed by atoms with E-state index in [1.807, 2.05) is 18.2 Å². The molecule has 5 rings (SSSR count). The quantitative estimate of drug-likeness (QED) is 0.437. The van der Waals surface area contributed by atoms with Crippen molar-refractivity contribution < 1.29 is 0 Å². The van der Waals surface area contributed by atoms with Crippen LogP contribution in [0.1, 0.15) is 30.5 Å². The Labute approximate surface area is 212 Å². The lowest BCUT2D eigenvalue weighted by molar-refractivity contribution is 0.249. The summed E-state index contributed by atoms with van der Waals surface area (Å²) in [6, 6.07) is 17.3. The van der Waals surface area contributed by atoms with E-state index in [1.165, 1.54) is 18.5 Å². The average Bonchev–Trinajstić information content (AvgIpc) is 2.86. The SMILES string of the molecule is CN(C)C1CCN(c2ccc(-c3cc4c(nn3)CCCN4Cc3cc(Cl)ccc3Cl)cc2)CC1. The maximum absolute atomic E-state index is 6.45. The minimum atomic E-state index is 0.686. The van der Waals surface area contributed by atoms with Crippen molar-refractivity contribution in [2.45, 2.75) is 38.3 Å². The van der Waals surface area contributed by atoms with Gasteiger partial charge in [-0.1, -0.05) is 35.3 Å². The van der Waals surface area contributed by atoms with Crippen molar-refractivity contribution in [3.63, 3.8) is 0 Å². The summed E-state index contributed by atoms with van der Waals surface area (Å²) >= 11 is 12.7. The van der Waals surface area contributed by atoms with E-state index in [4.69, 9.17) is 23.2 Å². The topological polar surface area (TPSA) is 35.5 Å². The number of aromatic nitrogens is 2. The minimum absolute atomic E-state index is 0.686. The summed E-state index contributed by atoms with van der Waals surface area (Å²) in [5.41, 5.74) is 6.50. The second-order valence-corrected chi connectivity index (χ2v) is 10.4. The summed E-state index contributed by atoms with van der Waals surface area (Å²) in [5.74, 6) is 0. The van der Waals surface area contributed by atoms with Gasteiger partial charge in [-0.15, -0.1) is 0 Å². The number of aryl methyl sites for hydroxylation is 1. The van der Waals surface area contributed by atoms with Gasteiger partial charge < -0.3 is 14.7 Å². The van der Waals surface area contributed by atoms with Crippen LogP contribution in [-0.4, -0.2) is 54.9 Å². The Hall–Kier alpha value is -2.34. The van der Waals surface area contributed by atoms with Crippen LogP contribution in [0.25, 0.3) is 11.3 Å². The molecule has 2 aromatic carbocycles. The van der Waals surface area contributed by atoms with E-state index in [0.717, 1.165) is 65.7 Å². The molecule has 0 saturated carbocycles. The van der Waals surface area contributed by atoms with Crippen LogP contribution in [0.3, 0.4) is 0 Å². The van der Waals surface area contributed by atoms with Crippen molar-refractivity contribution in [3.8, 4) is 11.3 Å². The second-order valence-electron chi connectivity index (χ2n) is 9.55. The number of hydrogen-bond donors (Lipinski definition) is 0. The first-order valence-electron chi connectivity index (χ1n) is 12.1. The largest absolute Gasteiger partial charge is 0.371 e. The summed E-state index contributed by atoms with van der Waals surface area (Å²) in [5, 5.41) is 10.6. The van der Waals surface area contributed by atoms with Crippen molar-refractivity contribution in [2.75, 3.05) is 43.5 Å². The Kier molecular flexibility index (Phi) is 6.96. The lowest BCUT2D eigenvalue weighted by Gasteiger charge is -2.36. The highest BCUT2D eigenvalue weighted by Gasteiger charge is 2.22. The molecule has 0 aliphatic carbocycles. The Bertz CT molecular complexity index is 1140. The van der Waals surface area contributed by atoms with E-state index in [9.17, 15) is 0 Å². The number of halogens is 2. The molecule has 0 N–H and O–H groups in total. The maximum atomic E-state index is 6.45. The number of fused-ring (bicyclic) bond motifs is 1.